The van der Waals surface area contributed by atoms with E-state index < -0.39 is 0 Å². The molecule has 9 nitrogen and oxygen atoms in total. The van der Waals surface area contributed by atoms with Gasteiger partial charge in [0, 0.05) is 36.1 Å². The van der Waals surface area contributed by atoms with Crippen LogP contribution >= 0.6 is 11.8 Å². The van der Waals surface area contributed by atoms with Crippen molar-refractivity contribution in [3.8, 4) is 11.5 Å². The lowest BCUT2D eigenvalue weighted by atomic mass is 9.86. The van der Waals surface area contributed by atoms with Crippen LogP contribution < -0.4 is 25.6 Å². The number of likely N-dealkylation sites (tertiary alicyclic amines) is 1. The van der Waals surface area contributed by atoms with Gasteiger partial charge >= 0.3 is 6.03 Å². The first-order valence-electron chi connectivity index (χ1n) is 12.9. The molecular weight excluding hydrogens is 488 g/mol. The van der Waals surface area contributed by atoms with Crippen LogP contribution in [0.3, 0.4) is 0 Å². The molecule has 3 fully saturated rings. The molecule has 0 bridgehead atoms. The maximum Gasteiger partial charge on any atom is 0.326 e. The highest BCUT2D eigenvalue weighted by Crippen LogP contribution is 2.48. The maximum atomic E-state index is 13.5. The fourth-order valence-electron chi connectivity index (χ4n) is 5.94. The second-order valence-corrected chi connectivity index (χ2v) is 11.4. The van der Waals surface area contributed by atoms with E-state index in [0.717, 1.165) is 55.8 Å². The van der Waals surface area contributed by atoms with Gasteiger partial charge in [-0.15, -0.1) is 0 Å². The van der Waals surface area contributed by atoms with E-state index in [4.69, 9.17) is 4.74 Å². The van der Waals surface area contributed by atoms with Gasteiger partial charge in [0.1, 0.15) is 11.5 Å². The van der Waals surface area contributed by atoms with Crippen LogP contribution in [0.4, 0.5) is 10.5 Å². The van der Waals surface area contributed by atoms with Gasteiger partial charge in [0.2, 0.25) is 0 Å². The Labute approximate surface area is 221 Å². The number of urea groups is 1. The van der Waals surface area contributed by atoms with Crippen LogP contribution in [0.25, 0.3) is 0 Å². The summed E-state index contributed by atoms with van der Waals surface area (Å²) in [6.07, 6.45) is 6.25. The summed E-state index contributed by atoms with van der Waals surface area (Å²) in [4.78, 5) is 35.8. The number of aromatic nitrogens is 1. The highest BCUT2D eigenvalue weighted by molar-refractivity contribution is 8.04. The molecule has 0 radical (unpaired) electrons. The number of carbonyl (C=O) groups excluding carboxylic acids is 2. The number of rotatable bonds is 5. The van der Waals surface area contributed by atoms with E-state index >= 15 is 0 Å². The van der Waals surface area contributed by atoms with Gasteiger partial charge in [-0.25, -0.2) is 4.79 Å². The van der Waals surface area contributed by atoms with E-state index in [1.54, 1.807) is 24.2 Å². The standard InChI is InChI=1S/C27H32N6O3S/c1-16-13-18(36-19-6-3-10-28-14-19)7-8-20(16)33-21-9-11-29-26-22(21)23(31-27(33)35)24(37-26)25(34)30-17-5-4-12-32(2)15-17/h3,6-8,10,13-14,17,21-22,26,29H,4-5,9,11-12,15H2,1-2H3,(H,30,34)(H,31,35)/t17-,21?,22?,26?/m1/s1. The minimum absolute atomic E-state index is 0.0250. The Morgan fingerprint density at radius 1 is 1.24 bits per heavy atom. The molecule has 5 heterocycles. The third-order valence-electron chi connectivity index (χ3n) is 7.60. The summed E-state index contributed by atoms with van der Waals surface area (Å²) in [6, 6.07) is 9.38. The number of pyridine rings is 1. The summed E-state index contributed by atoms with van der Waals surface area (Å²) in [5.74, 6) is 1.31. The highest BCUT2D eigenvalue weighted by atomic mass is 32.2. The van der Waals surface area contributed by atoms with Crippen LogP contribution in [0.1, 0.15) is 24.8 Å². The molecule has 1 aromatic carbocycles. The fourth-order valence-corrected chi connectivity index (χ4v) is 7.34. The van der Waals surface area contributed by atoms with Crippen LogP contribution in [0, 0.1) is 12.8 Å². The topological polar surface area (TPSA) is 98.8 Å². The zero-order valence-corrected chi connectivity index (χ0v) is 21.9. The molecule has 2 aromatic rings. The summed E-state index contributed by atoms with van der Waals surface area (Å²) >= 11 is 1.55. The summed E-state index contributed by atoms with van der Waals surface area (Å²) in [5, 5.41) is 9.96. The van der Waals surface area contributed by atoms with Crippen LogP contribution in [0.15, 0.2) is 53.3 Å². The van der Waals surface area contributed by atoms with E-state index in [9.17, 15) is 9.59 Å². The van der Waals surface area contributed by atoms with Crippen molar-refractivity contribution in [1.82, 2.24) is 25.8 Å². The minimum Gasteiger partial charge on any atom is -0.456 e. The van der Waals surface area contributed by atoms with Gasteiger partial charge in [-0.2, -0.15) is 0 Å². The van der Waals surface area contributed by atoms with Gasteiger partial charge in [-0.1, -0.05) is 11.8 Å². The van der Waals surface area contributed by atoms with Crippen molar-refractivity contribution in [1.29, 1.82) is 0 Å². The Morgan fingerprint density at radius 2 is 2.14 bits per heavy atom. The number of nitrogens with one attached hydrogen (secondary N) is 3. The number of amides is 3. The lowest BCUT2D eigenvalue weighted by Gasteiger charge is -2.46. The molecule has 0 spiro atoms. The van der Waals surface area contributed by atoms with E-state index in [1.165, 1.54) is 0 Å². The Bertz CT molecular complexity index is 1240. The first-order chi connectivity index (χ1) is 18.0. The molecule has 10 heteroatoms. The number of carbonyl (C=O) groups is 2. The van der Waals surface area contributed by atoms with E-state index in [2.05, 4.69) is 32.9 Å². The highest BCUT2D eigenvalue weighted by Gasteiger charge is 2.52. The van der Waals surface area contributed by atoms with Crippen molar-refractivity contribution in [3.63, 3.8) is 0 Å². The third kappa shape index (κ3) is 4.69. The Morgan fingerprint density at radius 3 is 2.92 bits per heavy atom. The molecule has 3 saturated heterocycles. The number of hydrogen-bond donors (Lipinski definition) is 3. The molecule has 1 aromatic heterocycles. The second kappa shape index (κ2) is 10.00. The summed E-state index contributed by atoms with van der Waals surface area (Å²) in [7, 11) is 2.09. The van der Waals surface area contributed by atoms with Crippen molar-refractivity contribution in [2.45, 2.75) is 43.6 Å². The Kier molecular flexibility index (Phi) is 6.56. The maximum absolute atomic E-state index is 13.5. The molecule has 4 aliphatic rings. The van der Waals surface area contributed by atoms with E-state index in [-0.39, 0.29) is 35.3 Å². The third-order valence-corrected chi connectivity index (χ3v) is 8.96. The number of benzene rings is 1. The largest absolute Gasteiger partial charge is 0.456 e. The van der Waals surface area contributed by atoms with E-state index in [0.29, 0.717) is 16.4 Å². The number of anilines is 1. The number of piperidine rings is 2. The average Bonchev–Trinajstić information content (AvgIpc) is 3.25. The van der Waals surface area contributed by atoms with Crippen LogP contribution in [-0.4, -0.2) is 66.0 Å². The second-order valence-electron chi connectivity index (χ2n) is 10.2. The molecule has 194 valence electrons. The zero-order chi connectivity index (χ0) is 25.5. The van der Waals surface area contributed by atoms with Gasteiger partial charge in [0.25, 0.3) is 5.91 Å². The molecular formula is C27H32N6O3S. The normalized spacial score (nSPS) is 27.5. The molecule has 6 rings (SSSR count). The van der Waals surface area contributed by atoms with Crippen LogP contribution in [-0.2, 0) is 4.79 Å². The molecule has 3 amide bonds. The molecule has 37 heavy (non-hydrogen) atoms. The number of aryl methyl sites for hydroxylation is 1. The monoisotopic (exact) mass is 520 g/mol. The summed E-state index contributed by atoms with van der Waals surface area (Å²) < 4.78 is 5.94. The number of hydrogen-bond acceptors (Lipinski definition) is 7. The predicted octanol–water partition coefficient (Wildman–Crippen LogP) is 3.18. The van der Waals surface area contributed by atoms with Gasteiger partial charge in [-0.3, -0.25) is 14.7 Å². The van der Waals surface area contributed by atoms with Gasteiger partial charge < -0.3 is 25.6 Å². The quantitative estimate of drug-likeness (QED) is 0.557. The van der Waals surface area contributed by atoms with Crippen molar-refractivity contribution in [3.05, 3.63) is 58.9 Å². The van der Waals surface area contributed by atoms with Gasteiger partial charge in [-0.05, 0) is 82.2 Å². The number of nitrogens with zero attached hydrogens (tertiary/aromatic N) is 3. The number of ether oxygens (including phenoxy) is 1. The first kappa shape index (κ1) is 24.3. The zero-order valence-electron chi connectivity index (χ0n) is 21.1. The lowest BCUT2D eigenvalue weighted by molar-refractivity contribution is -0.117. The molecule has 0 aliphatic carbocycles. The smallest absolute Gasteiger partial charge is 0.326 e. The minimum atomic E-state index is -0.189. The van der Waals surface area contributed by atoms with Crippen molar-refractivity contribution < 1.29 is 14.3 Å². The molecule has 3 unspecified atom stereocenters. The molecule has 0 saturated carbocycles. The Balaban J connectivity index is 1.24. The van der Waals surface area contributed by atoms with Crippen LogP contribution in [0.2, 0.25) is 0 Å². The Hall–Kier alpha value is -3.08. The van der Waals surface area contributed by atoms with E-state index in [1.807, 2.05) is 42.2 Å². The SMILES string of the molecule is Cc1cc(Oc2cccnc2)ccc1N1C(=O)NC2=C(C(=O)N[C@@H]3CCCN(C)C3)SC3NCCC1C23. The predicted molar refractivity (Wildman–Crippen MR) is 143 cm³/mol. The lowest BCUT2D eigenvalue weighted by Crippen LogP contribution is -2.62. The number of likely N-dealkylation sites (N-methyl/N-ethyl adjacent to an activating group) is 1. The summed E-state index contributed by atoms with van der Waals surface area (Å²) in [6.45, 7) is 4.70. The number of thioether (sulfide) groups is 1. The van der Waals surface area contributed by atoms with Crippen LogP contribution in [0.5, 0.6) is 11.5 Å². The van der Waals surface area contributed by atoms with Gasteiger partial charge in [0.15, 0.2) is 0 Å². The molecule has 4 atom stereocenters. The van der Waals surface area contributed by atoms with Crippen molar-refractivity contribution in [2.24, 2.45) is 5.92 Å². The van der Waals surface area contributed by atoms with Crippen molar-refractivity contribution in [2.75, 3.05) is 31.6 Å². The van der Waals surface area contributed by atoms with Crippen molar-refractivity contribution >= 4 is 29.4 Å². The average molecular weight is 521 g/mol. The first-order valence-corrected chi connectivity index (χ1v) is 13.8. The fraction of sp³-hybridized carbons (Fsp3) is 0.444. The summed E-state index contributed by atoms with van der Waals surface area (Å²) in [5.41, 5.74) is 2.57. The van der Waals surface area contributed by atoms with Gasteiger partial charge in [0.05, 0.1) is 22.5 Å². The molecule has 4 aliphatic heterocycles. The molecule has 3 N–H and O–H groups in total.